The number of pyridine rings is 1. The lowest BCUT2D eigenvalue weighted by molar-refractivity contribution is -0.384. The van der Waals surface area contributed by atoms with E-state index in [0.29, 0.717) is 18.2 Å². The van der Waals surface area contributed by atoms with E-state index in [1.54, 1.807) is 0 Å². The first-order valence-electron chi connectivity index (χ1n) is 9.44. The number of nitro groups is 1. The smallest absolute Gasteiger partial charge is 0.407 e. The third-order valence-electron chi connectivity index (χ3n) is 5.33. The molecule has 0 unspecified atom stereocenters. The molecule has 0 atom stereocenters. The maximum Gasteiger partial charge on any atom is 0.407 e. The molecule has 3 rings (SSSR count). The monoisotopic (exact) mass is 406 g/mol. The van der Waals surface area contributed by atoms with Crippen LogP contribution in [0.2, 0.25) is 0 Å². The predicted octanol–water partition coefficient (Wildman–Crippen LogP) is 4.95. The molecule has 1 aliphatic rings. The quantitative estimate of drug-likeness (QED) is 0.537. The first-order valence-corrected chi connectivity index (χ1v) is 10.3. The van der Waals surface area contributed by atoms with Gasteiger partial charge in [-0.25, -0.2) is 9.78 Å². The van der Waals surface area contributed by atoms with Crippen LogP contribution >= 0.6 is 11.3 Å². The number of thiophene rings is 1. The first-order chi connectivity index (χ1) is 13.2. The molecule has 1 fully saturated rings. The SMILES string of the molecule is CC(C)(C)N(C[C@H]1CC[C@H](Nc2c([N+](=O)[O-])cnc3ccsc23)CC1)C(=O)O. The average molecular weight is 407 g/mol. The van der Waals surface area contributed by atoms with Crippen molar-refractivity contribution in [2.45, 2.75) is 58.0 Å². The van der Waals surface area contributed by atoms with E-state index in [1.807, 2.05) is 32.2 Å². The summed E-state index contributed by atoms with van der Waals surface area (Å²) in [5.74, 6) is 0.308. The summed E-state index contributed by atoms with van der Waals surface area (Å²) >= 11 is 1.45. The van der Waals surface area contributed by atoms with Gasteiger partial charge in [-0.1, -0.05) is 0 Å². The molecule has 28 heavy (non-hydrogen) atoms. The van der Waals surface area contributed by atoms with Crippen LogP contribution in [0.1, 0.15) is 46.5 Å². The summed E-state index contributed by atoms with van der Waals surface area (Å²) < 4.78 is 0.807. The van der Waals surface area contributed by atoms with Crippen molar-refractivity contribution in [3.05, 3.63) is 27.8 Å². The van der Waals surface area contributed by atoms with E-state index >= 15 is 0 Å². The molecule has 0 saturated heterocycles. The Bertz CT molecular complexity index is 868. The topological polar surface area (TPSA) is 109 Å². The number of carbonyl (C=O) groups is 1. The molecule has 0 radical (unpaired) electrons. The molecule has 2 aromatic rings. The Balaban J connectivity index is 1.67. The molecule has 0 aromatic carbocycles. The van der Waals surface area contributed by atoms with Crippen molar-refractivity contribution in [3.8, 4) is 0 Å². The second-order valence-corrected chi connectivity index (χ2v) is 9.25. The van der Waals surface area contributed by atoms with Gasteiger partial charge in [0.2, 0.25) is 0 Å². The van der Waals surface area contributed by atoms with E-state index in [2.05, 4.69) is 10.3 Å². The van der Waals surface area contributed by atoms with Gasteiger partial charge in [-0.3, -0.25) is 10.1 Å². The molecule has 1 amide bonds. The minimum atomic E-state index is -0.889. The lowest BCUT2D eigenvalue weighted by atomic mass is 9.85. The van der Waals surface area contributed by atoms with Crippen molar-refractivity contribution in [2.24, 2.45) is 5.92 Å². The summed E-state index contributed by atoms with van der Waals surface area (Å²) in [6.07, 6.45) is 3.93. The normalized spacial score (nSPS) is 20.1. The van der Waals surface area contributed by atoms with Gasteiger partial charge in [0, 0.05) is 18.1 Å². The van der Waals surface area contributed by atoms with E-state index in [-0.39, 0.29) is 11.7 Å². The molecule has 9 heteroatoms. The third-order valence-corrected chi connectivity index (χ3v) is 6.25. The van der Waals surface area contributed by atoms with Gasteiger partial charge in [0.25, 0.3) is 0 Å². The van der Waals surface area contributed by atoms with Gasteiger partial charge in [0.15, 0.2) is 0 Å². The first kappa shape index (κ1) is 20.3. The molecule has 1 saturated carbocycles. The summed E-state index contributed by atoms with van der Waals surface area (Å²) in [4.78, 5) is 28.3. The van der Waals surface area contributed by atoms with E-state index < -0.39 is 16.6 Å². The van der Waals surface area contributed by atoms with Crippen molar-refractivity contribution in [2.75, 3.05) is 11.9 Å². The number of hydrogen-bond donors (Lipinski definition) is 2. The molecular formula is C19H26N4O4S. The fourth-order valence-corrected chi connectivity index (χ4v) is 4.63. The van der Waals surface area contributed by atoms with E-state index in [0.717, 1.165) is 35.9 Å². The number of nitrogens with one attached hydrogen (secondary N) is 1. The lowest BCUT2D eigenvalue weighted by Crippen LogP contribution is -2.48. The molecule has 0 bridgehead atoms. The Morgan fingerprint density at radius 3 is 2.64 bits per heavy atom. The molecule has 1 aliphatic carbocycles. The van der Waals surface area contributed by atoms with Crippen LogP contribution in [0.4, 0.5) is 16.2 Å². The highest BCUT2D eigenvalue weighted by Crippen LogP contribution is 2.37. The Labute approximate surface area is 167 Å². The van der Waals surface area contributed by atoms with Crippen molar-refractivity contribution >= 4 is 39.0 Å². The van der Waals surface area contributed by atoms with Crippen LogP contribution in [0.25, 0.3) is 10.2 Å². The zero-order valence-electron chi connectivity index (χ0n) is 16.3. The maximum absolute atomic E-state index is 11.6. The van der Waals surface area contributed by atoms with E-state index in [4.69, 9.17) is 0 Å². The third kappa shape index (κ3) is 4.35. The van der Waals surface area contributed by atoms with E-state index in [9.17, 15) is 20.0 Å². The number of aromatic nitrogens is 1. The molecular weight excluding hydrogens is 380 g/mol. The Morgan fingerprint density at radius 1 is 1.39 bits per heavy atom. The molecule has 2 N–H and O–H groups in total. The molecule has 8 nitrogen and oxygen atoms in total. The van der Waals surface area contributed by atoms with Crippen LogP contribution in [-0.4, -0.2) is 44.1 Å². The predicted molar refractivity (Wildman–Crippen MR) is 110 cm³/mol. The number of carboxylic acid groups (broad SMARTS) is 1. The number of fused-ring (bicyclic) bond motifs is 1. The van der Waals surface area contributed by atoms with Crippen LogP contribution in [0, 0.1) is 16.0 Å². The van der Waals surface area contributed by atoms with Crippen LogP contribution in [0.5, 0.6) is 0 Å². The maximum atomic E-state index is 11.6. The van der Waals surface area contributed by atoms with Gasteiger partial charge < -0.3 is 15.3 Å². The molecule has 0 spiro atoms. The van der Waals surface area contributed by atoms with Gasteiger partial charge in [-0.2, -0.15) is 0 Å². The fourth-order valence-electron chi connectivity index (χ4n) is 3.77. The minimum Gasteiger partial charge on any atom is -0.465 e. The van der Waals surface area contributed by atoms with Gasteiger partial charge in [-0.05, 0) is 63.8 Å². The van der Waals surface area contributed by atoms with Crippen molar-refractivity contribution < 1.29 is 14.8 Å². The van der Waals surface area contributed by atoms with Crippen molar-refractivity contribution in [1.29, 1.82) is 0 Å². The molecule has 152 valence electrons. The minimum absolute atomic E-state index is 0.00172. The second-order valence-electron chi connectivity index (χ2n) is 8.34. The Hall–Kier alpha value is -2.42. The number of nitrogens with zero attached hydrogens (tertiary/aromatic N) is 3. The summed E-state index contributed by atoms with van der Waals surface area (Å²) in [6.45, 7) is 6.24. The van der Waals surface area contributed by atoms with Crippen LogP contribution < -0.4 is 5.32 Å². The van der Waals surface area contributed by atoms with Crippen LogP contribution in [0.15, 0.2) is 17.6 Å². The van der Waals surface area contributed by atoms with Crippen LogP contribution in [0.3, 0.4) is 0 Å². The zero-order chi connectivity index (χ0) is 20.5. The van der Waals surface area contributed by atoms with Gasteiger partial charge in [0.05, 0.1) is 15.1 Å². The average Bonchev–Trinajstić information content (AvgIpc) is 3.08. The fraction of sp³-hybridized carbons (Fsp3) is 0.579. The van der Waals surface area contributed by atoms with Gasteiger partial charge in [-0.15, -0.1) is 11.3 Å². The molecule has 0 aliphatic heterocycles. The molecule has 2 heterocycles. The highest BCUT2D eigenvalue weighted by molar-refractivity contribution is 7.17. The summed E-state index contributed by atoms with van der Waals surface area (Å²) in [6, 6.07) is 1.99. The Morgan fingerprint density at radius 2 is 2.07 bits per heavy atom. The summed E-state index contributed by atoms with van der Waals surface area (Å²) in [5.41, 5.74) is 0.884. The van der Waals surface area contributed by atoms with Crippen molar-refractivity contribution in [3.63, 3.8) is 0 Å². The highest BCUT2D eigenvalue weighted by Gasteiger charge is 2.31. The lowest BCUT2D eigenvalue weighted by Gasteiger charge is -2.38. The number of amides is 1. The highest BCUT2D eigenvalue weighted by atomic mass is 32.1. The van der Waals surface area contributed by atoms with Gasteiger partial charge >= 0.3 is 11.8 Å². The van der Waals surface area contributed by atoms with E-state index in [1.165, 1.54) is 22.4 Å². The summed E-state index contributed by atoms with van der Waals surface area (Å²) in [5, 5.41) is 26.2. The number of rotatable bonds is 5. The molecule has 2 aromatic heterocycles. The standard InChI is InChI=1S/C19H26N4O4S/c1-19(2,3)22(18(24)25)11-12-4-6-13(7-5-12)21-16-15(23(26)27)10-20-14-8-9-28-17(14)16/h8-10,12-13H,4-7,11H2,1-3H3,(H,20,21)(H,24,25)/t12-,13-. The summed E-state index contributed by atoms with van der Waals surface area (Å²) in [7, 11) is 0. The largest absolute Gasteiger partial charge is 0.465 e. The van der Waals surface area contributed by atoms with Crippen molar-refractivity contribution in [1.82, 2.24) is 9.88 Å². The Kier molecular flexibility index (Phi) is 5.74. The van der Waals surface area contributed by atoms with Crippen LogP contribution in [-0.2, 0) is 0 Å². The number of anilines is 1. The zero-order valence-corrected chi connectivity index (χ0v) is 17.2. The second kappa shape index (κ2) is 7.90. The number of hydrogen-bond acceptors (Lipinski definition) is 6. The van der Waals surface area contributed by atoms with Gasteiger partial charge in [0.1, 0.15) is 11.9 Å².